The van der Waals surface area contributed by atoms with E-state index < -0.39 is 5.97 Å². The summed E-state index contributed by atoms with van der Waals surface area (Å²) in [5.74, 6) is -1.10. The van der Waals surface area contributed by atoms with Gasteiger partial charge < -0.3 is 14.4 Å². The number of halogens is 1. The SMILES string of the molecule is CN(Cc1cccc(F)c1)c1ccc(C(=O)O)o1. The van der Waals surface area contributed by atoms with Gasteiger partial charge in [-0.1, -0.05) is 12.1 Å². The molecule has 1 heterocycles. The van der Waals surface area contributed by atoms with E-state index in [1.165, 1.54) is 18.2 Å². The highest BCUT2D eigenvalue weighted by Gasteiger charge is 2.12. The molecule has 94 valence electrons. The van der Waals surface area contributed by atoms with E-state index in [4.69, 9.17) is 9.52 Å². The fourth-order valence-corrected chi connectivity index (χ4v) is 1.63. The lowest BCUT2D eigenvalue weighted by atomic mass is 10.2. The second-order valence-electron chi connectivity index (χ2n) is 3.93. The van der Waals surface area contributed by atoms with Gasteiger partial charge in [-0.25, -0.2) is 9.18 Å². The zero-order chi connectivity index (χ0) is 13.1. The summed E-state index contributed by atoms with van der Waals surface area (Å²) in [6.45, 7) is 0.435. The van der Waals surface area contributed by atoms with Crippen molar-refractivity contribution < 1.29 is 18.7 Å². The third-order valence-electron chi connectivity index (χ3n) is 2.49. The van der Waals surface area contributed by atoms with Gasteiger partial charge in [-0.15, -0.1) is 0 Å². The summed E-state index contributed by atoms with van der Waals surface area (Å²) in [5.41, 5.74) is 0.783. The molecule has 18 heavy (non-hydrogen) atoms. The first kappa shape index (κ1) is 12.2. The normalized spacial score (nSPS) is 10.3. The number of aromatic carboxylic acids is 1. The maximum absolute atomic E-state index is 13.0. The van der Waals surface area contributed by atoms with Crippen molar-refractivity contribution in [3.05, 3.63) is 53.5 Å². The van der Waals surface area contributed by atoms with Crippen molar-refractivity contribution in [1.29, 1.82) is 0 Å². The Kier molecular flexibility index (Phi) is 3.32. The lowest BCUT2D eigenvalue weighted by Gasteiger charge is -2.15. The van der Waals surface area contributed by atoms with Gasteiger partial charge in [-0.2, -0.15) is 0 Å². The Balaban J connectivity index is 2.11. The number of carboxylic acid groups (broad SMARTS) is 1. The standard InChI is InChI=1S/C13H12FNO3/c1-15(8-9-3-2-4-10(14)7-9)12-6-5-11(18-12)13(16)17/h2-7H,8H2,1H3,(H,16,17). The van der Waals surface area contributed by atoms with E-state index in [2.05, 4.69) is 0 Å². The Morgan fingerprint density at radius 3 is 2.78 bits per heavy atom. The highest BCUT2D eigenvalue weighted by Crippen LogP contribution is 2.19. The van der Waals surface area contributed by atoms with Gasteiger partial charge >= 0.3 is 5.97 Å². The molecular formula is C13H12FNO3. The van der Waals surface area contributed by atoms with E-state index in [0.29, 0.717) is 12.4 Å². The lowest BCUT2D eigenvalue weighted by Crippen LogP contribution is -2.15. The topological polar surface area (TPSA) is 53.7 Å². The van der Waals surface area contributed by atoms with Crippen molar-refractivity contribution in [2.75, 3.05) is 11.9 Å². The van der Waals surface area contributed by atoms with Gasteiger partial charge in [0.15, 0.2) is 5.88 Å². The minimum atomic E-state index is -1.11. The van der Waals surface area contributed by atoms with Gasteiger partial charge in [-0.3, -0.25) is 0 Å². The number of hydrogen-bond donors (Lipinski definition) is 1. The molecule has 0 saturated heterocycles. The van der Waals surface area contributed by atoms with Crippen LogP contribution in [0.3, 0.4) is 0 Å². The second kappa shape index (κ2) is 4.91. The molecule has 1 N–H and O–H groups in total. The first-order chi connectivity index (χ1) is 8.56. The molecule has 0 aliphatic carbocycles. The second-order valence-corrected chi connectivity index (χ2v) is 3.93. The molecule has 0 unspecified atom stereocenters. The average molecular weight is 249 g/mol. The van der Waals surface area contributed by atoms with Gasteiger partial charge in [-0.05, 0) is 23.8 Å². The molecular weight excluding hydrogens is 237 g/mol. The molecule has 2 rings (SSSR count). The van der Waals surface area contributed by atoms with Crippen LogP contribution in [0, 0.1) is 5.82 Å². The summed E-state index contributed by atoms with van der Waals surface area (Å²) in [4.78, 5) is 12.4. The van der Waals surface area contributed by atoms with Crippen LogP contribution in [-0.4, -0.2) is 18.1 Å². The van der Waals surface area contributed by atoms with Crippen molar-refractivity contribution in [2.45, 2.75) is 6.54 Å². The van der Waals surface area contributed by atoms with Crippen molar-refractivity contribution >= 4 is 11.9 Å². The number of hydrogen-bond acceptors (Lipinski definition) is 3. The molecule has 0 spiro atoms. The van der Waals surface area contributed by atoms with Gasteiger partial charge in [0.05, 0.1) is 0 Å². The van der Waals surface area contributed by atoms with Crippen LogP contribution in [0.1, 0.15) is 16.1 Å². The Hall–Kier alpha value is -2.30. The highest BCUT2D eigenvalue weighted by atomic mass is 19.1. The third-order valence-corrected chi connectivity index (χ3v) is 2.49. The van der Waals surface area contributed by atoms with E-state index >= 15 is 0 Å². The fourth-order valence-electron chi connectivity index (χ4n) is 1.63. The summed E-state index contributed by atoms with van der Waals surface area (Å²) in [6.07, 6.45) is 0. The van der Waals surface area contributed by atoms with E-state index in [1.54, 1.807) is 30.1 Å². The zero-order valence-corrected chi connectivity index (χ0v) is 9.76. The Labute approximate surface area is 103 Å². The van der Waals surface area contributed by atoms with Crippen molar-refractivity contribution in [1.82, 2.24) is 0 Å². The Bertz CT molecular complexity index is 565. The van der Waals surface area contributed by atoms with Crippen LogP contribution < -0.4 is 4.90 Å². The maximum atomic E-state index is 13.0. The van der Waals surface area contributed by atoms with Crippen molar-refractivity contribution in [3.8, 4) is 0 Å². The van der Waals surface area contributed by atoms with Crippen molar-refractivity contribution in [2.24, 2.45) is 0 Å². The highest BCUT2D eigenvalue weighted by molar-refractivity contribution is 5.84. The number of nitrogens with zero attached hydrogens (tertiary/aromatic N) is 1. The predicted molar refractivity (Wildman–Crippen MR) is 64.2 cm³/mol. The van der Waals surface area contributed by atoms with Crippen LogP contribution in [0.25, 0.3) is 0 Å². The van der Waals surface area contributed by atoms with Crippen LogP contribution >= 0.6 is 0 Å². The van der Waals surface area contributed by atoms with Gasteiger partial charge in [0.25, 0.3) is 0 Å². The summed E-state index contributed by atoms with van der Waals surface area (Å²) >= 11 is 0. The summed E-state index contributed by atoms with van der Waals surface area (Å²) < 4.78 is 18.2. The number of carbonyl (C=O) groups is 1. The van der Waals surface area contributed by atoms with Crippen LogP contribution in [-0.2, 0) is 6.54 Å². The van der Waals surface area contributed by atoms with E-state index in [0.717, 1.165) is 5.56 Å². The first-order valence-corrected chi connectivity index (χ1v) is 5.35. The van der Waals surface area contributed by atoms with Crippen LogP contribution in [0.5, 0.6) is 0 Å². The molecule has 0 aliphatic rings. The molecule has 0 radical (unpaired) electrons. The number of furan rings is 1. The van der Waals surface area contributed by atoms with Gasteiger partial charge in [0.2, 0.25) is 5.76 Å². The van der Waals surface area contributed by atoms with Crippen LogP contribution in [0.4, 0.5) is 10.3 Å². The molecule has 1 aromatic carbocycles. The van der Waals surface area contributed by atoms with Crippen molar-refractivity contribution in [3.63, 3.8) is 0 Å². The monoisotopic (exact) mass is 249 g/mol. The number of carboxylic acids is 1. The fraction of sp³-hybridized carbons (Fsp3) is 0.154. The zero-order valence-electron chi connectivity index (χ0n) is 9.76. The third kappa shape index (κ3) is 2.68. The summed E-state index contributed by atoms with van der Waals surface area (Å²) in [5, 5.41) is 8.74. The molecule has 0 aliphatic heterocycles. The van der Waals surface area contributed by atoms with E-state index in [1.807, 2.05) is 0 Å². The lowest BCUT2D eigenvalue weighted by molar-refractivity contribution is 0.0663. The summed E-state index contributed by atoms with van der Waals surface area (Å²) in [7, 11) is 1.75. The number of rotatable bonds is 4. The quantitative estimate of drug-likeness (QED) is 0.905. The summed E-state index contributed by atoms with van der Waals surface area (Å²) in [6, 6.07) is 9.18. The first-order valence-electron chi connectivity index (χ1n) is 5.35. The molecule has 0 fully saturated rings. The minimum Gasteiger partial charge on any atom is -0.475 e. The van der Waals surface area contributed by atoms with Gasteiger partial charge in [0.1, 0.15) is 5.82 Å². The largest absolute Gasteiger partial charge is 0.475 e. The van der Waals surface area contributed by atoms with Gasteiger partial charge in [0, 0.05) is 19.7 Å². The maximum Gasteiger partial charge on any atom is 0.371 e. The van der Waals surface area contributed by atoms with E-state index in [9.17, 15) is 9.18 Å². The smallest absolute Gasteiger partial charge is 0.371 e. The Morgan fingerprint density at radius 2 is 2.17 bits per heavy atom. The number of anilines is 1. The number of benzene rings is 1. The predicted octanol–water partition coefficient (Wildman–Crippen LogP) is 2.75. The minimum absolute atomic E-state index is 0.115. The molecule has 0 amide bonds. The molecule has 1 aromatic heterocycles. The van der Waals surface area contributed by atoms with Crippen LogP contribution in [0.2, 0.25) is 0 Å². The molecule has 2 aromatic rings. The molecule has 5 heteroatoms. The van der Waals surface area contributed by atoms with E-state index in [-0.39, 0.29) is 11.6 Å². The molecule has 0 atom stereocenters. The molecule has 4 nitrogen and oxygen atoms in total. The molecule has 0 bridgehead atoms. The Morgan fingerprint density at radius 1 is 1.39 bits per heavy atom. The average Bonchev–Trinajstić information content (AvgIpc) is 2.78. The molecule has 0 saturated carbocycles. The van der Waals surface area contributed by atoms with Crippen LogP contribution in [0.15, 0.2) is 40.8 Å².